The van der Waals surface area contributed by atoms with Gasteiger partial charge in [-0.15, -0.1) is 0 Å². The first-order chi connectivity index (χ1) is 16.1. The smallest absolute Gasteiger partial charge is 0.368 e. The molecule has 1 aliphatic rings. The quantitative estimate of drug-likeness (QED) is 0.558. The highest BCUT2D eigenvalue weighted by Gasteiger charge is 2.34. The van der Waals surface area contributed by atoms with Crippen LogP contribution in [0.5, 0.6) is 0 Å². The standard InChI is InChI=1S/C25H28F3N5O/c1-16-6-8-19(21-10-11-31-32(21)3)20(13-16)24(34)33-12-4-5-17(2)22(33)15-30-23-9-7-18(14-29-23)25(26,27)28/h6-11,13-14,17,22H,4-5,12,15H2,1-3H3,(H,29,30)/t17-,22-/m1/s1. The summed E-state index contributed by atoms with van der Waals surface area (Å²) in [5.74, 6) is 0.521. The average Bonchev–Trinajstić information content (AvgIpc) is 3.23. The van der Waals surface area contributed by atoms with Gasteiger partial charge in [-0.3, -0.25) is 9.48 Å². The molecule has 1 aliphatic heterocycles. The second-order valence-electron chi connectivity index (χ2n) is 8.89. The molecule has 2 aromatic heterocycles. The van der Waals surface area contributed by atoms with Gasteiger partial charge in [0, 0.05) is 43.7 Å². The summed E-state index contributed by atoms with van der Waals surface area (Å²) in [4.78, 5) is 19.6. The van der Waals surface area contributed by atoms with Crippen molar-refractivity contribution in [3.05, 3.63) is 65.5 Å². The topological polar surface area (TPSA) is 63.1 Å². The van der Waals surface area contributed by atoms with Crippen molar-refractivity contribution in [2.75, 3.05) is 18.4 Å². The predicted molar refractivity (Wildman–Crippen MR) is 124 cm³/mol. The number of pyridine rings is 1. The fourth-order valence-electron chi connectivity index (χ4n) is 4.54. The Kier molecular flexibility index (Phi) is 6.63. The number of aromatic nitrogens is 3. The number of carbonyl (C=O) groups is 1. The SMILES string of the molecule is Cc1ccc(-c2ccnn2C)c(C(=O)N2CCC[C@@H](C)[C@H]2CNc2ccc(C(F)(F)F)cn2)c1. The number of nitrogens with one attached hydrogen (secondary N) is 1. The van der Waals surface area contributed by atoms with Crippen LogP contribution in [-0.2, 0) is 13.2 Å². The minimum Gasteiger partial charge on any atom is -0.368 e. The van der Waals surface area contributed by atoms with E-state index in [1.807, 2.05) is 43.1 Å². The molecule has 3 aromatic rings. The number of nitrogens with zero attached hydrogens (tertiary/aromatic N) is 4. The third kappa shape index (κ3) is 4.93. The predicted octanol–water partition coefficient (Wildman–Crippen LogP) is 5.16. The van der Waals surface area contributed by atoms with Gasteiger partial charge in [0.1, 0.15) is 5.82 Å². The first-order valence-electron chi connectivity index (χ1n) is 11.3. The molecule has 0 bridgehead atoms. The Bertz CT molecular complexity index is 1160. The van der Waals surface area contributed by atoms with Crippen LogP contribution in [0.2, 0.25) is 0 Å². The first kappa shape index (κ1) is 23.8. The van der Waals surface area contributed by atoms with E-state index in [1.54, 1.807) is 10.9 Å². The molecule has 1 saturated heterocycles. The Balaban J connectivity index is 1.58. The first-order valence-corrected chi connectivity index (χ1v) is 11.3. The molecule has 0 saturated carbocycles. The number of anilines is 1. The normalized spacial score (nSPS) is 18.7. The van der Waals surface area contributed by atoms with Crippen molar-refractivity contribution < 1.29 is 18.0 Å². The lowest BCUT2D eigenvalue weighted by Crippen LogP contribution is -2.51. The number of amides is 1. The van der Waals surface area contributed by atoms with Crippen LogP contribution in [0.1, 0.15) is 41.3 Å². The number of hydrogen-bond donors (Lipinski definition) is 1. The fourth-order valence-corrected chi connectivity index (χ4v) is 4.54. The summed E-state index contributed by atoms with van der Waals surface area (Å²) in [6.45, 7) is 5.08. The lowest BCUT2D eigenvalue weighted by atomic mass is 9.89. The Morgan fingerprint density at radius 3 is 2.65 bits per heavy atom. The van der Waals surface area contributed by atoms with Crippen LogP contribution in [0.4, 0.5) is 19.0 Å². The highest BCUT2D eigenvalue weighted by molar-refractivity contribution is 6.01. The number of hydrogen-bond acceptors (Lipinski definition) is 4. The molecule has 0 unspecified atom stereocenters. The zero-order valence-corrected chi connectivity index (χ0v) is 19.4. The molecule has 0 radical (unpaired) electrons. The highest BCUT2D eigenvalue weighted by atomic mass is 19.4. The lowest BCUT2D eigenvalue weighted by Gasteiger charge is -2.40. The van der Waals surface area contributed by atoms with Gasteiger partial charge in [-0.25, -0.2) is 4.98 Å². The number of likely N-dealkylation sites (tertiary alicyclic amines) is 1. The summed E-state index contributed by atoms with van der Waals surface area (Å²) in [5.41, 5.74) is 2.50. The van der Waals surface area contributed by atoms with Crippen molar-refractivity contribution in [3.63, 3.8) is 0 Å². The van der Waals surface area contributed by atoms with Crippen LogP contribution in [-0.4, -0.2) is 44.7 Å². The molecule has 1 aromatic carbocycles. The van der Waals surface area contributed by atoms with Gasteiger partial charge < -0.3 is 10.2 Å². The molecule has 9 heteroatoms. The van der Waals surface area contributed by atoms with Gasteiger partial charge in [-0.05, 0) is 49.9 Å². The van der Waals surface area contributed by atoms with Crippen LogP contribution in [0, 0.1) is 12.8 Å². The maximum absolute atomic E-state index is 13.8. The number of aryl methyl sites for hydroxylation is 2. The van der Waals surface area contributed by atoms with Gasteiger partial charge in [-0.1, -0.05) is 24.6 Å². The molecule has 34 heavy (non-hydrogen) atoms. The zero-order valence-electron chi connectivity index (χ0n) is 19.4. The lowest BCUT2D eigenvalue weighted by molar-refractivity contribution is -0.137. The molecule has 4 rings (SSSR count). The Hall–Kier alpha value is -3.36. The van der Waals surface area contributed by atoms with Crippen LogP contribution in [0.15, 0.2) is 48.8 Å². The Morgan fingerprint density at radius 2 is 2.00 bits per heavy atom. The molecule has 2 atom stereocenters. The van der Waals surface area contributed by atoms with Crippen molar-refractivity contribution in [2.24, 2.45) is 13.0 Å². The van der Waals surface area contributed by atoms with E-state index in [2.05, 4.69) is 22.3 Å². The molecule has 0 aliphatic carbocycles. The van der Waals surface area contributed by atoms with Crippen LogP contribution in [0.3, 0.4) is 0 Å². The van der Waals surface area contributed by atoms with Gasteiger partial charge in [0.05, 0.1) is 17.3 Å². The molecule has 3 heterocycles. The number of benzene rings is 1. The monoisotopic (exact) mass is 471 g/mol. The summed E-state index contributed by atoms with van der Waals surface area (Å²) in [7, 11) is 1.84. The van der Waals surface area contributed by atoms with E-state index in [1.165, 1.54) is 6.07 Å². The van der Waals surface area contributed by atoms with Gasteiger partial charge >= 0.3 is 6.18 Å². The molecule has 6 nitrogen and oxygen atoms in total. The second kappa shape index (κ2) is 9.48. The average molecular weight is 472 g/mol. The highest BCUT2D eigenvalue weighted by Crippen LogP contribution is 2.31. The number of piperidine rings is 1. The van der Waals surface area contributed by atoms with Crippen molar-refractivity contribution in [3.8, 4) is 11.3 Å². The van der Waals surface area contributed by atoms with Gasteiger partial charge in [0.15, 0.2) is 0 Å². The van der Waals surface area contributed by atoms with Gasteiger partial charge in [0.25, 0.3) is 5.91 Å². The second-order valence-corrected chi connectivity index (χ2v) is 8.89. The molecule has 1 fully saturated rings. The number of carbonyl (C=O) groups excluding carboxylic acids is 1. The summed E-state index contributed by atoms with van der Waals surface area (Å²) in [6.07, 6.45) is -0.0293. The van der Waals surface area contributed by atoms with Crippen molar-refractivity contribution >= 4 is 11.7 Å². The maximum Gasteiger partial charge on any atom is 0.417 e. The van der Waals surface area contributed by atoms with Crippen molar-refractivity contribution in [1.82, 2.24) is 19.7 Å². The van der Waals surface area contributed by atoms with Gasteiger partial charge in [0.2, 0.25) is 0 Å². The fraction of sp³-hybridized carbons (Fsp3) is 0.400. The number of halogens is 3. The summed E-state index contributed by atoms with van der Waals surface area (Å²) >= 11 is 0. The largest absolute Gasteiger partial charge is 0.417 e. The molecular weight excluding hydrogens is 443 g/mol. The van der Waals surface area contributed by atoms with E-state index >= 15 is 0 Å². The Morgan fingerprint density at radius 1 is 1.21 bits per heavy atom. The van der Waals surface area contributed by atoms with Crippen LogP contribution in [0.25, 0.3) is 11.3 Å². The molecule has 0 spiro atoms. The van der Waals surface area contributed by atoms with Crippen LogP contribution >= 0.6 is 0 Å². The third-order valence-electron chi connectivity index (χ3n) is 6.46. The molecule has 1 amide bonds. The van der Waals surface area contributed by atoms with E-state index in [9.17, 15) is 18.0 Å². The van der Waals surface area contributed by atoms with E-state index in [-0.39, 0.29) is 17.9 Å². The summed E-state index contributed by atoms with van der Waals surface area (Å²) in [5, 5.41) is 7.38. The Labute approximate surface area is 196 Å². The van der Waals surface area contributed by atoms with E-state index in [0.717, 1.165) is 41.9 Å². The number of rotatable bonds is 5. The van der Waals surface area contributed by atoms with Gasteiger partial charge in [-0.2, -0.15) is 18.3 Å². The number of alkyl halides is 3. The molecule has 1 N–H and O–H groups in total. The summed E-state index contributed by atoms with van der Waals surface area (Å²) in [6, 6.07) is 9.94. The zero-order chi connectivity index (χ0) is 24.5. The summed E-state index contributed by atoms with van der Waals surface area (Å²) < 4.78 is 40.2. The minimum atomic E-state index is -4.42. The third-order valence-corrected chi connectivity index (χ3v) is 6.46. The maximum atomic E-state index is 13.8. The minimum absolute atomic E-state index is 0.0568. The van der Waals surface area contributed by atoms with Crippen LogP contribution < -0.4 is 5.32 Å². The molecule has 180 valence electrons. The van der Waals surface area contributed by atoms with E-state index < -0.39 is 11.7 Å². The van der Waals surface area contributed by atoms with Crippen molar-refractivity contribution in [2.45, 2.75) is 38.9 Å². The van der Waals surface area contributed by atoms with E-state index in [0.29, 0.717) is 24.5 Å². The van der Waals surface area contributed by atoms with E-state index in [4.69, 9.17) is 0 Å². The van der Waals surface area contributed by atoms with Crippen molar-refractivity contribution in [1.29, 1.82) is 0 Å². The molecular formula is C25H28F3N5O.